The van der Waals surface area contributed by atoms with Gasteiger partial charge in [-0.15, -0.1) is 0 Å². The highest BCUT2D eigenvalue weighted by Gasteiger charge is 2.41. The second kappa shape index (κ2) is 5.79. The van der Waals surface area contributed by atoms with E-state index in [-0.39, 0.29) is 11.9 Å². The maximum Gasteiger partial charge on any atom is 0.325 e. The van der Waals surface area contributed by atoms with E-state index >= 15 is 0 Å². The molecule has 0 bridgehead atoms. The van der Waals surface area contributed by atoms with Crippen LogP contribution in [0.25, 0.3) is 0 Å². The van der Waals surface area contributed by atoms with Gasteiger partial charge in [0, 0.05) is 12.5 Å². The molecule has 0 spiro atoms. The summed E-state index contributed by atoms with van der Waals surface area (Å²) >= 11 is 0. The number of methoxy groups -OCH3 is 1. The molecule has 0 aromatic heterocycles. The molecule has 1 aromatic rings. The topological polar surface area (TPSA) is 61.5 Å². The van der Waals surface area contributed by atoms with Crippen molar-refractivity contribution < 1.29 is 18.7 Å². The smallest absolute Gasteiger partial charge is 0.325 e. The van der Waals surface area contributed by atoms with Gasteiger partial charge in [0.25, 0.3) is 0 Å². The molecule has 1 saturated carbocycles. The monoisotopic (exact) mass is 281 g/mol. The third-order valence-corrected chi connectivity index (χ3v) is 3.78. The van der Waals surface area contributed by atoms with Gasteiger partial charge in [0.1, 0.15) is 23.2 Å². The minimum absolute atomic E-state index is 0.201. The van der Waals surface area contributed by atoms with Gasteiger partial charge in [-0.25, -0.2) is 4.39 Å². The second-order valence-electron chi connectivity index (χ2n) is 5.39. The van der Waals surface area contributed by atoms with E-state index < -0.39 is 11.5 Å². The number of carbonyl (C=O) groups is 1. The molecule has 0 saturated heterocycles. The van der Waals surface area contributed by atoms with Crippen LogP contribution in [0, 0.1) is 12.7 Å². The van der Waals surface area contributed by atoms with E-state index in [0.717, 1.165) is 18.4 Å². The molecule has 2 N–H and O–H groups in total. The zero-order valence-corrected chi connectivity index (χ0v) is 11.8. The summed E-state index contributed by atoms with van der Waals surface area (Å²) in [5, 5.41) is 0. The highest BCUT2D eigenvalue weighted by atomic mass is 19.1. The lowest BCUT2D eigenvalue weighted by Crippen LogP contribution is -2.54. The largest absolute Gasteiger partial charge is 0.490 e. The first-order valence-corrected chi connectivity index (χ1v) is 6.75. The number of esters is 1. The van der Waals surface area contributed by atoms with E-state index in [9.17, 15) is 9.18 Å². The van der Waals surface area contributed by atoms with Crippen molar-refractivity contribution in [2.45, 2.75) is 44.2 Å². The summed E-state index contributed by atoms with van der Waals surface area (Å²) in [5.41, 5.74) is 5.95. The van der Waals surface area contributed by atoms with Crippen molar-refractivity contribution in [3.05, 3.63) is 29.6 Å². The number of carbonyl (C=O) groups excluding carboxylic acids is 1. The number of nitrogens with two attached hydrogens (primary N) is 1. The van der Waals surface area contributed by atoms with Crippen LogP contribution >= 0.6 is 0 Å². The predicted octanol–water partition coefficient (Wildman–Crippen LogP) is 2.33. The maximum absolute atomic E-state index is 13.3. The SMILES string of the molecule is COC(=O)C1(N)CCCC(Oc2cc(F)ccc2C)C1. The van der Waals surface area contributed by atoms with Crippen LogP contribution in [0.15, 0.2) is 18.2 Å². The van der Waals surface area contributed by atoms with E-state index in [2.05, 4.69) is 0 Å². The van der Waals surface area contributed by atoms with Gasteiger partial charge >= 0.3 is 5.97 Å². The standard InChI is InChI=1S/C15H20FNO3/c1-10-5-6-11(16)8-13(10)20-12-4-3-7-15(17,9-12)14(18)19-2/h5-6,8,12H,3-4,7,9,17H2,1-2H3. The first-order chi connectivity index (χ1) is 9.44. The Labute approximate surface area is 118 Å². The van der Waals surface area contributed by atoms with Crippen molar-refractivity contribution in [3.8, 4) is 5.75 Å². The molecule has 1 fully saturated rings. The van der Waals surface area contributed by atoms with Gasteiger partial charge in [-0.3, -0.25) is 4.79 Å². The van der Waals surface area contributed by atoms with Gasteiger partial charge in [0.05, 0.1) is 7.11 Å². The summed E-state index contributed by atoms with van der Waals surface area (Å²) in [4.78, 5) is 11.7. The fraction of sp³-hybridized carbons (Fsp3) is 0.533. The summed E-state index contributed by atoms with van der Waals surface area (Å²) in [6, 6.07) is 4.43. The zero-order valence-electron chi connectivity index (χ0n) is 11.8. The predicted molar refractivity (Wildman–Crippen MR) is 73.0 cm³/mol. The first kappa shape index (κ1) is 14.8. The number of benzene rings is 1. The quantitative estimate of drug-likeness (QED) is 0.864. The van der Waals surface area contributed by atoms with Gasteiger partial charge in [-0.2, -0.15) is 0 Å². The van der Waals surface area contributed by atoms with Crippen molar-refractivity contribution in [2.75, 3.05) is 7.11 Å². The molecule has 0 heterocycles. The van der Waals surface area contributed by atoms with Gasteiger partial charge in [0.2, 0.25) is 0 Å². The van der Waals surface area contributed by atoms with Crippen LogP contribution in [0.2, 0.25) is 0 Å². The maximum atomic E-state index is 13.3. The van der Waals surface area contributed by atoms with Crippen LogP contribution in [0.3, 0.4) is 0 Å². The lowest BCUT2D eigenvalue weighted by atomic mass is 9.81. The molecule has 1 aromatic carbocycles. The first-order valence-electron chi connectivity index (χ1n) is 6.75. The minimum Gasteiger partial charge on any atom is -0.490 e. The average Bonchev–Trinajstić information content (AvgIpc) is 2.42. The normalized spacial score (nSPS) is 26.1. The van der Waals surface area contributed by atoms with Gasteiger partial charge in [-0.05, 0) is 37.8 Å². The highest BCUT2D eigenvalue weighted by molar-refractivity contribution is 5.80. The number of rotatable bonds is 3. The number of hydrogen-bond donors (Lipinski definition) is 1. The van der Waals surface area contributed by atoms with Crippen molar-refractivity contribution >= 4 is 5.97 Å². The number of ether oxygens (including phenoxy) is 2. The Balaban J connectivity index is 2.10. The molecule has 4 nitrogen and oxygen atoms in total. The van der Waals surface area contributed by atoms with Crippen LogP contribution in [-0.4, -0.2) is 24.7 Å². The molecule has 0 radical (unpaired) electrons. The van der Waals surface area contributed by atoms with E-state index in [4.69, 9.17) is 15.2 Å². The van der Waals surface area contributed by atoms with Crippen LogP contribution < -0.4 is 10.5 Å². The van der Waals surface area contributed by atoms with E-state index in [1.165, 1.54) is 19.2 Å². The van der Waals surface area contributed by atoms with Gasteiger partial charge in [-0.1, -0.05) is 6.07 Å². The third-order valence-electron chi connectivity index (χ3n) is 3.78. The van der Waals surface area contributed by atoms with Crippen molar-refractivity contribution in [2.24, 2.45) is 5.73 Å². The number of hydrogen-bond acceptors (Lipinski definition) is 4. The molecule has 2 unspecified atom stereocenters. The van der Waals surface area contributed by atoms with Crippen LogP contribution in [0.4, 0.5) is 4.39 Å². The average molecular weight is 281 g/mol. The van der Waals surface area contributed by atoms with E-state index in [1.54, 1.807) is 6.07 Å². The Bertz CT molecular complexity index is 506. The van der Waals surface area contributed by atoms with Gasteiger partial charge < -0.3 is 15.2 Å². The lowest BCUT2D eigenvalue weighted by molar-refractivity contribution is -0.149. The highest BCUT2D eigenvalue weighted by Crippen LogP contribution is 2.31. The molecule has 1 aliphatic carbocycles. The van der Waals surface area contributed by atoms with Crippen molar-refractivity contribution in [1.82, 2.24) is 0 Å². The molecule has 0 amide bonds. The molecule has 0 aliphatic heterocycles. The van der Waals surface area contributed by atoms with Gasteiger partial charge in [0.15, 0.2) is 0 Å². The summed E-state index contributed by atoms with van der Waals surface area (Å²) in [7, 11) is 1.33. The van der Waals surface area contributed by atoms with E-state index in [0.29, 0.717) is 18.6 Å². The molecular weight excluding hydrogens is 261 g/mol. The fourth-order valence-corrected chi connectivity index (χ4v) is 2.63. The lowest BCUT2D eigenvalue weighted by Gasteiger charge is -2.35. The van der Waals surface area contributed by atoms with Crippen LogP contribution in [-0.2, 0) is 9.53 Å². The number of aryl methyl sites for hydroxylation is 1. The van der Waals surface area contributed by atoms with Crippen LogP contribution in [0.1, 0.15) is 31.2 Å². The Morgan fingerprint density at radius 2 is 2.25 bits per heavy atom. The Hall–Kier alpha value is -1.62. The molecule has 2 atom stereocenters. The molecule has 2 rings (SSSR count). The number of halogens is 1. The zero-order chi connectivity index (χ0) is 14.8. The Kier molecular flexibility index (Phi) is 4.28. The summed E-state index contributed by atoms with van der Waals surface area (Å²) in [6.07, 6.45) is 2.35. The minimum atomic E-state index is -1.00. The second-order valence-corrected chi connectivity index (χ2v) is 5.39. The summed E-state index contributed by atoms with van der Waals surface area (Å²) in [5.74, 6) is -0.251. The Morgan fingerprint density at radius 1 is 1.50 bits per heavy atom. The Morgan fingerprint density at radius 3 is 2.95 bits per heavy atom. The summed E-state index contributed by atoms with van der Waals surface area (Å²) < 4.78 is 23.8. The molecule has 1 aliphatic rings. The molecular formula is C15H20FNO3. The summed E-state index contributed by atoms with van der Waals surface area (Å²) in [6.45, 7) is 1.85. The third kappa shape index (κ3) is 3.10. The van der Waals surface area contributed by atoms with E-state index in [1.807, 2.05) is 6.92 Å². The fourth-order valence-electron chi connectivity index (χ4n) is 2.63. The van der Waals surface area contributed by atoms with Crippen molar-refractivity contribution in [1.29, 1.82) is 0 Å². The van der Waals surface area contributed by atoms with Crippen LogP contribution in [0.5, 0.6) is 5.75 Å². The molecule has 110 valence electrons. The van der Waals surface area contributed by atoms with Crippen molar-refractivity contribution in [3.63, 3.8) is 0 Å². The molecule has 20 heavy (non-hydrogen) atoms. The molecule has 5 heteroatoms.